The molecule has 144 valence electrons. The lowest BCUT2D eigenvalue weighted by molar-refractivity contribution is 0.0777. The number of benzene rings is 1. The molecule has 0 fully saturated rings. The number of hydrogen-bond donors (Lipinski definition) is 6. The molecular formula is C14H16I3N3O6. The van der Waals surface area contributed by atoms with Crippen molar-refractivity contribution in [2.75, 3.05) is 13.2 Å². The van der Waals surface area contributed by atoms with Crippen LogP contribution in [-0.2, 0) is 0 Å². The third-order valence-electron chi connectivity index (χ3n) is 3.30. The molecule has 1 rings (SSSR count). The molecule has 0 aliphatic rings. The van der Waals surface area contributed by atoms with Crippen LogP contribution in [0.25, 0.3) is 0 Å². The molecular weight excluding hydrogens is 687 g/mol. The van der Waals surface area contributed by atoms with Gasteiger partial charge >= 0.3 is 0 Å². The van der Waals surface area contributed by atoms with Crippen LogP contribution < -0.4 is 16.6 Å². The molecule has 1 atom stereocenters. The van der Waals surface area contributed by atoms with Crippen molar-refractivity contribution in [1.82, 2.24) is 10.7 Å². The van der Waals surface area contributed by atoms with Crippen molar-refractivity contribution in [3.05, 3.63) is 27.4 Å². The molecule has 0 aliphatic heterocycles. The van der Waals surface area contributed by atoms with E-state index in [9.17, 15) is 19.5 Å². The summed E-state index contributed by atoms with van der Waals surface area (Å²) in [7, 11) is 0. The van der Waals surface area contributed by atoms with Gasteiger partial charge in [-0.1, -0.05) is 0 Å². The monoisotopic (exact) mass is 703 g/mol. The Morgan fingerprint density at radius 3 is 1.77 bits per heavy atom. The normalized spacial score (nSPS) is 12.0. The van der Waals surface area contributed by atoms with Crippen LogP contribution in [-0.4, -0.2) is 58.3 Å². The topological polar surface area (TPSA) is 162 Å². The van der Waals surface area contributed by atoms with Crippen molar-refractivity contribution in [3.63, 3.8) is 0 Å². The Bertz CT molecular complexity index is 737. The van der Waals surface area contributed by atoms with Crippen molar-refractivity contribution < 1.29 is 29.7 Å². The predicted molar refractivity (Wildman–Crippen MR) is 118 cm³/mol. The number of aliphatic hydroxyl groups is 3. The number of nitrogens with two attached hydrogens (primary N) is 1. The molecule has 1 unspecified atom stereocenters. The number of Topliss-reactive ketones (excluding diaryl/α,β-unsaturated/α-hetero) is 1. The highest BCUT2D eigenvalue weighted by atomic mass is 127. The second kappa shape index (κ2) is 10.4. The number of halogens is 3. The number of hydrogen-bond acceptors (Lipinski definition) is 7. The first kappa shape index (κ1) is 23.9. The van der Waals surface area contributed by atoms with E-state index in [4.69, 9.17) is 16.1 Å². The first-order valence-electron chi connectivity index (χ1n) is 7.08. The van der Waals surface area contributed by atoms with Crippen LogP contribution in [0.3, 0.4) is 0 Å². The summed E-state index contributed by atoms with van der Waals surface area (Å²) in [6.45, 7) is 0.299. The minimum absolute atomic E-state index is 0.0149. The van der Waals surface area contributed by atoms with Crippen LogP contribution in [0.2, 0.25) is 0 Å². The van der Waals surface area contributed by atoms with Gasteiger partial charge < -0.3 is 20.6 Å². The molecule has 0 radical (unpaired) electrons. The first-order chi connectivity index (χ1) is 12.1. The summed E-state index contributed by atoms with van der Waals surface area (Å²) in [5, 5.41) is 30.4. The van der Waals surface area contributed by atoms with Crippen LogP contribution in [0.1, 0.15) is 38.0 Å². The van der Waals surface area contributed by atoms with Crippen LogP contribution in [0.4, 0.5) is 0 Å². The first-order valence-corrected chi connectivity index (χ1v) is 10.3. The number of nitrogens with one attached hydrogen (secondary N) is 2. The molecule has 26 heavy (non-hydrogen) atoms. The van der Waals surface area contributed by atoms with Crippen LogP contribution in [0, 0.1) is 10.7 Å². The van der Waals surface area contributed by atoms with Gasteiger partial charge in [0, 0.05) is 16.3 Å². The summed E-state index contributed by atoms with van der Waals surface area (Å²) in [5.41, 5.74) is 2.03. The summed E-state index contributed by atoms with van der Waals surface area (Å²) >= 11 is 5.37. The Labute approximate surface area is 189 Å². The highest BCUT2D eigenvalue weighted by Crippen LogP contribution is 2.33. The maximum atomic E-state index is 12.7. The van der Waals surface area contributed by atoms with E-state index in [1.807, 2.05) is 5.43 Å². The lowest BCUT2D eigenvalue weighted by Gasteiger charge is -2.20. The Morgan fingerprint density at radius 2 is 1.38 bits per heavy atom. The van der Waals surface area contributed by atoms with E-state index in [2.05, 4.69) is 5.32 Å². The van der Waals surface area contributed by atoms with Crippen molar-refractivity contribution in [1.29, 1.82) is 0 Å². The van der Waals surface area contributed by atoms with Gasteiger partial charge in [-0.3, -0.25) is 19.8 Å². The highest BCUT2D eigenvalue weighted by Gasteiger charge is 2.31. The van der Waals surface area contributed by atoms with E-state index in [-0.39, 0.29) is 27.4 Å². The van der Waals surface area contributed by atoms with Crippen molar-refractivity contribution in [2.45, 2.75) is 19.1 Å². The molecule has 0 saturated carbocycles. The average Bonchev–Trinajstić information content (AvgIpc) is 2.58. The zero-order valence-electron chi connectivity index (χ0n) is 13.3. The van der Waals surface area contributed by atoms with Gasteiger partial charge in [0.1, 0.15) is 6.10 Å². The maximum absolute atomic E-state index is 12.7. The largest absolute Gasteiger partial charge is 0.394 e. The third kappa shape index (κ3) is 5.02. The highest BCUT2D eigenvalue weighted by molar-refractivity contribution is 14.1. The molecule has 12 heteroatoms. The van der Waals surface area contributed by atoms with Gasteiger partial charge in [-0.25, -0.2) is 5.84 Å². The second-order valence-electron chi connectivity index (χ2n) is 5.12. The van der Waals surface area contributed by atoms with Crippen molar-refractivity contribution in [3.8, 4) is 0 Å². The number of rotatable bonds is 7. The lowest BCUT2D eigenvalue weighted by atomic mass is 9.99. The van der Waals surface area contributed by atoms with E-state index >= 15 is 0 Å². The van der Waals surface area contributed by atoms with E-state index < -0.39 is 43.0 Å². The van der Waals surface area contributed by atoms with E-state index in [1.165, 1.54) is 6.92 Å². The van der Waals surface area contributed by atoms with Gasteiger partial charge in [-0.15, -0.1) is 0 Å². The van der Waals surface area contributed by atoms with E-state index in [1.54, 1.807) is 67.8 Å². The molecule has 9 nitrogen and oxygen atoms in total. The quantitative estimate of drug-likeness (QED) is 0.0751. The summed E-state index contributed by atoms with van der Waals surface area (Å²) in [4.78, 5) is 37.3. The Hall–Kier alpha value is -0.140. The molecule has 0 aromatic heterocycles. The number of hydrazine groups is 1. The number of aliphatic hydroxyl groups excluding tert-OH is 3. The molecule has 0 saturated heterocycles. The zero-order chi connectivity index (χ0) is 20.2. The number of carbonyl (C=O) groups is 3. The Morgan fingerprint density at radius 1 is 0.962 bits per heavy atom. The number of amides is 2. The zero-order valence-corrected chi connectivity index (χ0v) is 19.8. The van der Waals surface area contributed by atoms with Gasteiger partial charge in [0.05, 0.1) is 30.4 Å². The van der Waals surface area contributed by atoms with Crippen LogP contribution in [0.5, 0.6) is 0 Å². The fourth-order valence-electron chi connectivity index (χ4n) is 1.97. The Balaban J connectivity index is 3.74. The van der Waals surface area contributed by atoms with Gasteiger partial charge in [-0.2, -0.15) is 0 Å². The van der Waals surface area contributed by atoms with Crippen LogP contribution >= 0.6 is 67.8 Å². The fraction of sp³-hybridized carbons (Fsp3) is 0.357. The fourth-order valence-corrected chi connectivity index (χ4v) is 6.64. The average molecular weight is 703 g/mol. The standard InChI is InChI=1S/C14H16I3N3O6/c1-4(23)12(24)6-9(15)7(13(25)19-5(2-21)3-22)11(17)8(10(6)16)14(26)20-18/h4-5,21-23H,2-3,18H2,1H3,(H,19,25)(H,20,26). The van der Waals surface area contributed by atoms with E-state index in [0.29, 0.717) is 0 Å². The molecule has 0 heterocycles. The third-order valence-corrected chi connectivity index (χ3v) is 6.54. The molecule has 1 aromatic rings. The van der Waals surface area contributed by atoms with Gasteiger partial charge in [0.25, 0.3) is 11.8 Å². The minimum atomic E-state index is -1.34. The smallest absolute Gasteiger partial charge is 0.267 e. The SMILES string of the molecule is CC(O)C(=O)c1c(I)c(C(=O)NN)c(I)c(C(=O)NC(CO)CO)c1I. The van der Waals surface area contributed by atoms with Crippen molar-refractivity contribution >= 4 is 85.4 Å². The van der Waals surface area contributed by atoms with Gasteiger partial charge in [0.2, 0.25) is 0 Å². The number of ketones is 1. The van der Waals surface area contributed by atoms with Crippen molar-refractivity contribution in [2.24, 2.45) is 5.84 Å². The van der Waals surface area contributed by atoms with Gasteiger partial charge in [0.15, 0.2) is 5.78 Å². The predicted octanol–water partition coefficient (Wildman–Crippen LogP) is -0.250. The molecule has 0 bridgehead atoms. The number of carbonyl (C=O) groups excluding carboxylic acids is 3. The minimum Gasteiger partial charge on any atom is -0.394 e. The van der Waals surface area contributed by atoms with Crippen LogP contribution in [0.15, 0.2) is 0 Å². The molecule has 1 aromatic carbocycles. The lowest BCUT2D eigenvalue weighted by Crippen LogP contribution is -2.41. The molecule has 0 aliphatic carbocycles. The second-order valence-corrected chi connectivity index (χ2v) is 8.35. The van der Waals surface area contributed by atoms with Gasteiger partial charge in [-0.05, 0) is 74.7 Å². The Kier molecular flexibility index (Phi) is 9.57. The maximum Gasteiger partial charge on any atom is 0.267 e. The summed E-state index contributed by atoms with van der Waals surface area (Å²) in [5.74, 6) is 3.16. The molecule has 7 N–H and O–H groups in total. The molecule has 2 amide bonds. The number of nitrogen functional groups attached to an aromatic ring is 1. The van der Waals surface area contributed by atoms with E-state index in [0.717, 1.165) is 0 Å². The summed E-state index contributed by atoms with van der Waals surface area (Å²) < 4.78 is 0.735. The summed E-state index contributed by atoms with van der Waals surface area (Å²) in [6.07, 6.45) is -1.34. The summed E-state index contributed by atoms with van der Waals surface area (Å²) in [6, 6.07) is -0.906. The molecule has 0 spiro atoms.